The first-order valence-corrected chi connectivity index (χ1v) is 3.82. The summed E-state index contributed by atoms with van der Waals surface area (Å²) in [6.45, 7) is 10.9. The van der Waals surface area contributed by atoms with Crippen LogP contribution in [0, 0.1) is 0 Å². The van der Waals surface area contributed by atoms with Crippen LogP contribution in [0.4, 0.5) is 0 Å². The second kappa shape index (κ2) is 6.78. The zero-order valence-electron chi connectivity index (χ0n) is 6.98. The molecule has 0 radical (unpaired) electrons. The molecule has 0 aromatic carbocycles. The van der Waals surface area contributed by atoms with Crippen LogP contribution in [-0.2, 0) is 0 Å². The summed E-state index contributed by atoms with van der Waals surface area (Å²) in [5.74, 6) is 0. The minimum atomic E-state index is 0.588. The molecule has 2 nitrogen and oxygen atoms in total. The van der Waals surface area contributed by atoms with Crippen LogP contribution in [0.2, 0.25) is 0 Å². The standard InChI is InChI=1S/C8H18N2/c1-4-5-9-6-7-10-8(2)3/h4,8-10H,1,5-7H2,2-3H3. The second-order valence-electron chi connectivity index (χ2n) is 2.60. The fourth-order valence-electron chi connectivity index (χ4n) is 0.653. The first kappa shape index (κ1) is 9.66. The van der Waals surface area contributed by atoms with Gasteiger partial charge in [-0.15, -0.1) is 6.58 Å². The third-order valence-electron chi connectivity index (χ3n) is 1.14. The number of rotatable bonds is 6. The maximum atomic E-state index is 3.61. The van der Waals surface area contributed by atoms with Crippen LogP contribution in [0.25, 0.3) is 0 Å². The van der Waals surface area contributed by atoms with E-state index in [-0.39, 0.29) is 0 Å². The van der Waals surface area contributed by atoms with E-state index < -0.39 is 0 Å². The van der Waals surface area contributed by atoms with Crippen molar-refractivity contribution in [1.82, 2.24) is 10.6 Å². The van der Waals surface area contributed by atoms with Gasteiger partial charge in [-0.1, -0.05) is 19.9 Å². The lowest BCUT2D eigenvalue weighted by Gasteiger charge is -2.07. The van der Waals surface area contributed by atoms with Gasteiger partial charge in [0.15, 0.2) is 0 Å². The number of hydrogen-bond acceptors (Lipinski definition) is 2. The van der Waals surface area contributed by atoms with E-state index in [9.17, 15) is 0 Å². The van der Waals surface area contributed by atoms with Gasteiger partial charge >= 0.3 is 0 Å². The Bertz CT molecular complexity index is 79.3. The molecule has 60 valence electrons. The van der Waals surface area contributed by atoms with Crippen LogP contribution >= 0.6 is 0 Å². The van der Waals surface area contributed by atoms with Crippen molar-refractivity contribution in [3.8, 4) is 0 Å². The highest BCUT2D eigenvalue weighted by Crippen LogP contribution is 1.72. The van der Waals surface area contributed by atoms with E-state index in [1.165, 1.54) is 0 Å². The minimum Gasteiger partial charge on any atom is -0.313 e. The van der Waals surface area contributed by atoms with Crippen LogP contribution in [0.3, 0.4) is 0 Å². The summed E-state index contributed by atoms with van der Waals surface area (Å²) in [6.07, 6.45) is 1.87. The Balaban J connectivity index is 2.83. The zero-order valence-corrected chi connectivity index (χ0v) is 6.98. The molecule has 0 spiro atoms. The van der Waals surface area contributed by atoms with Crippen molar-refractivity contribution in [2.75, 3.05) is 19.6 Å². The average molecular weight is 142 g/mol. The van der Waals surface area contributed by atoms with Gasteiger partial charge in [-0.2, -0.15) is 0 Å². The molecular weight excluding hydrogens is 124 g/mol. The zero-order chi connectivity index (χ0) is 7.82. The van der Waals surface area contributed by atoms with Crippen molar-refractivity contribution in [1.29, 1.82) is 0 Å². The molecule has 0 fully saturated rings. The normalized spacial score (nSPS) is 10.3. The molecule has 0 bridgehead atoms. The molecule has 0 saturated heterocycles. The second-order valence-corrected chi connectivity index (χ2v) is 2.60. The van der Waals surface area contributed by atoms with Gasteiger partial charge in [-0.05, 0) is 0 Å². The number of hydrogen-bond donors (Lipinski definition) is 2. The quantitative estimate of drug-likeness (QED) is 0.422. The lowest BCUT2D eigenvalue weighted by molar-refractivity contribution is 0.567. The SMILES string of the molecule is C=CCNCCNC(C)C. The van der Waals surface area contributed by atoms with Crippen LogP contribution in [-0.4, -0.2) is 25.7 Å². The molecule has 0 aliphatic rings. The van der Waals surface area contributed by atoms with Gasteiger partial charge in [0.2, 0.25) is 0 Å². The third kappa shape index (κ3) is 7.66. The van der Waals surface area contributed by atoms with Gasteiger partial charge in [0.1, 0.15) is 0 Å². The van der Waals surface area contributed by atoms with E-state index in [0.717, 1.165) is 19.6 Å². The molecule has 0 unspecified atom stereocenters. The molecule has 0 rings (SSSR count). The predicted molar refractivity (Wildman–Crippen MR) is 46.2 cm³/mol. The molecule has 0 aromatic rings. The molecule has 0 atom stereocenters. The van der Waals surface area contributed by atoms with Crippen molar-refractivity contribution in [2.24, 2.45) is 0 Å². The molecule has 0 amide bonds. The van der Waals surface area contributed by atoms with Crippen molar-refractivity contribution in [3.05, 3.63) is 12.7 Å². The monoisotopic (exact) mass is 142 g/mol. The molecule has 0 aromatic heterocycles. The maximum Gasteiger partial charge on any atom is 0.0132 e. The van der Waals surface area contributed by atoms with Gasteiger partial charge in [-0.25, -0.2) is 0 Å². The fraction of sp³-hybridized carbons (Fsp3) is 0.750. The third-order valence-corrected chi connectivity index (χ3v) is 1.14. The minimum absolute atomic E-state index is 0.588. The Hall–Kier alpha value is -0.340. The van der Waals surface area contributed by atoms with E-state index >= 15 is 0 Å². The molecule has 2 heteroatoms. The molecule has 10 heavy (non-hydrogen) atoms. The van der Waals surface area contributed by atoms with E-state index in [1.54, 1.807) is 0 Å². The molecule has 0 heterocycles. The summed E-state index contributed by atoms with van der Waals surface area (Å²) in [5.41, 5.74) is 0. The van der Waals surface area contributed by atoms with Gasteiger partial charge in [0, 0.05) is 25.7 Å². The Morgan fingerprint density at radius 2 is 2.10 bits per heavy atom. The molecule has 0 aliphatic heterocycles. The highest BCUT2D eigenvalue weighted by Gasteiger charge is 1.88. The molecular formula is C8H18N2. The smallest absolute Gasteiger partial charge is 0.0132 e. The Morgan fingerprint density at radius 1 is 1.40 bits per heavy atom. The first-order valence-electron chi connectivity index (χ1n) is 3.82. The van der Waals surface area contributed by atoms with Crippen LogP contribution in [0.15, 0.2) is 12.7 Å². The Morgan fingerprint density at radius 3 is 2.60 bits per heavy atom. The van der Waals surface area contributed by atoms with Crippen LogP contribution in [0.5, 0.6) is 0 Å². The van der Waals surface area contributed by atoms with E-state index in [1.807, 2.05) is 6.08 Å². The fourth-order valence-corrected chi connectivity index (χ4v) is 0.653. The average Bonchev–Trinajstić information content (AvgIpc) is 1.87. The van der Waals surface area contributed by atoms with E-state index in [4.69, 9.17) is 0 Å². The van der Waals surface area contributed by atoms with Gasteiger partial charge in [0.05, 0.1) is 0 Å². The summed E-state index contributed by atoms with van der Waals surface area (Å²) in [7, 11) is 0. The van der Waals surface area contributed by atoms with Crippen LogP contribution < -0.4 is 10.6 Å². The first-order chi connectivity index (χ1) is 4.77. The molecule has 2 N–H and O–H groups in total. The highest BCUT2D eigenvalue weighted by atomic mass is 14.9. The summed E-state index contributed by atoms with van der Waals surface area (Å²) >= 11 is 0. The number of nitrogens with one attached hydrogen (secondary N) is 2. The summed E-state index contributed by atoms with van der Waals surface area (Å²) in [5, 5.41) is 6.52. The molecule has 0 saturated carbocycles. The largest absolute Gasteiger partial charge is 0.313 e. The van der Waals surface area contributed by atoms with Gasteiger partial charge < -0.3 is 10.6 Å². The van der Waals surface area contributed by atoms with Crippen molar-refractivity contribution >= 4 is 0 Å². The van der Waals surface area contributed by atoms with Crippen LogP contribution in [0.1, 0.15) is 13.8 Å². The van der Waals surface area contributed by atoms with E-state index in [2.05, 4.69) is 31.1 Å². The van der Waals surface area contributed by atoms with Crippen molar-refractivity contribution in [3.63, 3.8) is 0 Å². The molecule has 0 aliphatic carbocycles. The van der Waals surface area contributed by atoms with Gasteiger partial charge in [0.25, 0.3) is 0 Å². The van der Waals surface area contributed by atoms with Gasteiger partial charge in [-0.3, -0.25) is 0 Å². The predicted octanol–water partition coefficient (Wildman–Crippen LogP) is 0.760. The maximum absolute atomic E-state index is 3.61. The Labute approximate surface area is 63.7 Å². The Kier molecular flexibility index (Phi) is 6.55. The lowest BCUT2D eigenvalue weighted by Crippen LogP contribution is -2.31. The highest BCUT2D eigenvalue weighted by molar-refractivity contribution is 4.69. The summed E-state index contributed by atoms with van der Waals surface area (Å²) in [6, 6.07) is 0.588. The topological polar surface area (TPSA) is 24.1 Å². The summed E-state index contributed by atoms with van der Waals surface area (Å²) < 4.78 is 0. The van der Waals surface area contributed by atoms with E-state index in [0.29, 0.717) is 6.04 Å². The summed E-state index contributed by atoms with van der Waals surface area (Å²) in [4.78, 5) is 0. The lowest BCUT2D eigenvalue weighted by atomic mass is 10.4. The van der Waals surface area contributed by atoms with Crippen molar-refractivity contribution in [2.45, 2.75) is 19.9 Å². The van der Waals surface area contributed by atoms with Crippen molar-refractivity contribution < 1.29 is 0 Å².